The lowest BCUT2D eigenvalue weighted by Crippen LogP contribution is -2.64. The van der Waals surface area contributed by atoms with E-state index in [1.165, 1.54) is 0 Å². The summed E-state index contributed by atoms with van der Waals surface area (Å²) < 4.78 is 2.10. The number of carbonyl (C=O) groups is 2. The summed E-state index contributed by atoms with van der Waals surface area (Å²) in [6, 6.07) is 21.7. The van der Waals surface area contributed by atoms with Gasteiger partial charge < -0.3 is 14.4 Å². The van der Waals surface area contributed by atoms with Crippen LogP contribution < -0.4 is 0 Å². The number of fused-ring (bicyclic) bond motifs is 1. The van der Waals surface area contributed by atoms with Crippen molar-refractivity contribution in [1.29, 1.82) is 0 Å². The molecule has 0 bridgehead atoms. The molecule has 0 atom stereocenters. The van der Waals surface area contributed by atoms with Crippen molar-refractivity contribution in [3.05, 3.63) is 96.4 Å². The van der Waals surface area contributed by atoms with Gasteiger partial charge in [-0.3, -0.25) is 19.5 Å². The maximum absolute atomic E-state index is 13.1. The Morgan fingerprint density at radius 2 is 1.46 bits per heavy atom. The molecule has 2 aliphatic heterocycles. The second-order valence-electron chi connectivity index (χ2n) is 9.22. The Balaban J connectivity index is 1.05. The standard InChI is InChI=1S/C28H27N5O2/c34-27(21-4-2-1-3-5-21)31-16-14-30(15-17-31)25-19-32(20-25)28(35)23-6-7-26-22(18-23)10-13-33(26)24-8-11-29-12-9-24/h1-13,18,25H,14-17,19-20H2. The number of carbonyl (C=O) groups excluding carboxylic acids is 2. The SMILES string of the molecule is O=C(c1ccccc1)N1CCN(C2CN(C(=O)c3ccc4c(ccn4-c4ccncc4)c3)C2)CC1. The van der Waals surface area contributed by atoms with E-state index in [2.05, 4.69) is 14.5 Å². The molecule has 2 saturated heterocycles. The molecular weight excluding hydrogens is 438 g/mol. The summed E-state index contributed by atoms with van der Waals surface area (Å²) in [7, 11) is 0. The first kappa shape index (κ1) is 21.6. The van der Waals surface area contributed by atoms with Crippen LogP contribution >= 0.6 is 0 Å². The summed E-state index contributed by atoms with van der Waals surface area (Å²) in [5.74, 6) is 0.182. The monoisotopic (exact) mass is 465 g/mol. The summed E-state index contributed by atoms with van der Waals surface area (Å²) in [6.07, 6.45) is 5.58. The second-order valence-corrected chi connectivity index (χ2v) is 9.22. The van der Waals surface area contributed by atoms with Gasteiger partial charge in [-0.1, -0.05) is 18.2 Å². The van der Waals surface area contributed by atoms with Crippen LogP contribution in [0.3, 0.4) is 0 Å². The Bertz CT molecular complexity index is 1350. The van der Waals surface area contributed by atoms with Crippen molar-refractivity contribution < 1.29 is 9.59 Å². The zero-order valence-electron chi connectivity index (χ0n) is 19.5. The quantitative estimate of drug-likeness (QED) is 0.464. The normalized spacial score (nSPS) is 16.9. The molecule has 4 heterocycles. The van der Waals surface area contributed by atoms with Crippen molar-refractivity contribution in [3.8, 4) is 5.69 Å². The number of nitrogens with zero attached hydrogens (tertiary/aromatic N) is 5. The molecule has 0 aliphatic carbocycles. The molecule has 4 aromatic rings. The molecule has 6 rings (SSSR count). The Morgan fingerprint density at radius 1 is 0.743 bits per heavy atom. The van der Waals surface area contributed by atoms with Gasteiger partial charge in [0.2, 0.25) is 0 Å². The molecular formula is C28H27N5O2. The molecule has 176 valence electrons. The van der Waals surface area contributed by atoms with E-state index in [0.717, 1.165) is 67.0 Å². The first-order chi connectivity index (χ1) is 17.2. The third-order valence-electron chi connectivity index (χ3n) is 7.17. The van der Waals surface area contributed by atoms with Gasteiger partial charge >= 0.3 is 0 Å². The minimum Gasteiger partial charge on any atom is -0.336 e. The van der Waals surface area contributed by atoms with Crippen LogP contribution in [-0.2, 0) is 0 Å². The summed E-state index contributed by atoms with van der Waals surface area (Å²) in [5, 5.41) is 1.05. The minimum atomic E-state index is 0.0812. The van der Waals surface area contributed by atoms with Gasteiger partial charge in [-0.25, -0.2) is 0 Å². The highest BCUT2D eigenvalue weighted by Gasteiger charge is 2.37. The number of hydrogen-bond donors (Lipinski definition) is 0. The first-order valence-electron chi connectivity index (χ1n) is 12.1. The predicted molar refractivity (Wildman–Crippen MR) is 135 cm³/mol. The van der Waals surface area contributed by atoms with Crippen LogP contribution in [0.25, 0.3) is 16.6 Å². The van der Waals surface area contributed by atoms with Gasteiger partial charge in [0.05, 0.1) is 5.52 Å². The maximum Gasteiger partial charge on any atom is 0.253 e. The van der Waals surface area contributed by atoms with Crippen LogP contribution in [0.4, 0.5) is 0 Å². The molecule has 0 N–H and O–H groups in total. The Kier molecular flexibility index (Phi) is 5.54. The van der Waals surface area contributed by atoms with Gasteiger partial charge in [-0.15, -0.1) is 0 Å². The highest BCUT2D eigenvalue weighted by Crippen LogP contribution is 2.25. The Morgan fingerprint density at radius 3 is 2.20 bits per heavy atom. The molecule has 35 heavy (non-hydrogen) atoms. The van der Waals surface area contributed by atoms with Crippen LogP contribution in [0, 0.1) is 0 Å². The van der Waals surface area contributed by atoms with E-state index < -0.39 is 0 Å². The van der Waals surface area contributed by atoms with E-state index in [1.807, 2.05) is 82.7 Å². The highest BCUT2D eigenvalue weighted by atomic mass is 16.2. The lowest BCUT2D eigenvalue weighted by Gasteiger charge is -2.48. The zero-order chi connectivity index (χ0) is 23.8. The topological polar surface area (TPSA) is 61.7 Å². The molecule has 0 radical (unpaired) electrons. The van der Waals surface area contributed by atoms with E-state index >= 15 is 0 Å². The number of aromatic nitrogens is 2. The number of pyridine rings is 1. The van der Waals surface area contributed by atoms with Gasteiger partial charge in [-0.2, -0.15) is 0 Å². The van der Waals surface area contributed by atoms with Gasteiger partial charge in [0, 0.05) is 86.1 Å². The molecule has 2 aliphatic rings. The third-order valence-corrected chi connectivity index (χ3v) is 7.17. The van der Waals surface area contributed by atoms with E-state index in [9.17, 15) is 9.59 Å². The molecule has 0 spiro atoms. The van der Waals surface area contributed by atoms with Crippen molar-refractivity contribution in [3.63, 3.8) is 0 Å². The largest absolute Gasteiger partial charge is 0.336 e. The van der Waals surface area contributed by atoms with Gasteiger partial charge in [0.15, 0.2) is 0 Å². The number of benzene rings is 2. The molecule has 0 saturated carbocycles. The van der Waals surface area contributed by atoms with Crippen molar-refractivity contribution >= 4 is 22.7 Å². The summed E-state index contributed by atoms with van der Waals surface area (Å²) in [4.78, 5) is 36.2. The summed E-state index contributed by atoms with van der Waals surface area (Å²) >= 11 is 0. The van der Waals surface area contributed by atoms with Crippen LogP contribution in [0.1, 0.15) is 20.7 Å². The van der Waals surface area contributed by atoms with Gasteiger partial charge in [-0.05, 0) is 48.5 Å². The summed E-state index contributed by atoms with van der Waals surface area (Å²) in [5.41, 5.74) is 3.58. The van der Waals surface area contributed by atoms with E-state index in [4.69, 9.17) is 0 Å². The second kappa shape index (κ2) is 9.00. The number of piperazine rings is 1. The van der Waals surface area contributed by atoms with Crippen LogP contribution in [0.15, 0.2) is 85.3 Å². The lowest BCUT2D eigenvalue weighted by molar-refractivity contribution is 0.00854. The molecule has 2 amide bonds. The Hall–Kier alpha value is -3.97. The van der Waals surface area contributed by atoms with Crippen molar-refractivity contribution in [2.24, 2.45) is 0 Å². The Labute approximate surface area is 204 Å². The van der Waals surface area contributed by atoms with Gasteiger partial charge in [0.1, 0.15) is 0 Å². The van der Waals surface area contributed by atoms with Crippen molar-refractivity contribution in [2.75, 3.05) is 39.3 Å². The first-order valence-corrected chi connectivity index (χ1v) is 12.1. The van der Waals surface area contributed by atoms with Crippen LogP contribution in [0.2, 0.25) is 0 Å². The fourth-order valence-electron chi connectivity index (χ4n) is 5.09. The molecule has 7 nitrogen and oxygen atoms in total. The molecule has 2 aromatic carbocycles. The smallest absolute Gasteiger partial charge is 0.253 e. The fourth-order valence-corrected chi connectivity index (χ4v) is 5.09. The average molecular weight is 466 g/mol. The lowest BCUT2D eigenvalue weighted by atomic mass is 10.0. The molecule has 0 unspecified atom stereocenters. The number of likely N-dealkylation sites (tertiary alicyclic amines) is 1. The predicted octanol–water partition coefficient (Wildman–Crippen LogP) is 3.31. The van der Waals surface area contributed by atoms with E-state index in [-0.39, 0.29) is 11.8 Å². The zero-order valence-corrected chi connectivity index (χ0v) is 19.5. The van der Waals surface area contributed by atoms with Crippen LogP contribution in [-0.4, -0.2) is 81.4 Å². The van der Waals surface area contributed by atoms with Crippen LogP contribution in [0.5, 0.6) is 0 Å². The minimum absolute atomic E-state index is 0.0812. The fraction of sp³-hybridized carbons (Fsp3) is 0.250. The van der Waals surface area contributed by atoms with Crippen molar-refractivity contribution in [2.45, 2.75) is 6.04 Å². The molecule has 2 aromatic heterocycles. The highest BCUT2D eigenvalue weighted by molar-refractivity contribution is 5.99. The molecule has 7 heteroatoms. The summed E-state index contributed by atoms with van der Waals surface area (Å²) in [6.45, 7) is 4.62. The number of hydrogen-bond acceptors (Lipinski definition) is 4. The third kappa shape index (κ3) is 4.08. The van der Waals surface area contributed by atoms with E-state index in [0.29, 0.717) is 6.04 Å². The van der Waals surface area contributed by atoms with Gasteiger partial charge in [0.25, 0.3) is 11.8 Å². The number of amides is 2. The van der Waals surface area contributed by atoms with E-state index in [1.54, 1.807) is 12.4 Å². The van der Waals surface area contributed by atoms with Crippen molar-refractivity contribution in [1.82, 2.24) is 24.3 Å². The average Bonchev–Trinajstić information content (AvgIpc) is 3.32. The maximum atomic E-state index is 13.1. The number of rotatable bonds is 4. The molecule has 2 fully saturated rings.